The van der Waals surface area contributed by atoms with Crippen LogP contribution in [0.3, 0.4) is 0 Å². The van der Waals surface area contributed by atoms with E-state index in [0.717, 1.165) is 110 Å². The van der Waals surface area contributed by atoms with Crippen molar-refractivity contribution in [3.63, 3.8) is 0 Å². The molecule has 2 unspecified atom stereocenters. The standard InChI is InChI=1S/C49H96NO5.Os/c1-5-9-13-17-19-28-38-46(36-26-15-11-7-3)54-48(52)40-30-21-23-32-42-50(44-34-25-35-45-51)43-33-24-22-31-41-49(53)55-47(37-27-16-12-8-4)39-29-20-18-14-10-6-2;/h32,46-47,51H,5-31,33-45H2,1-4H3;/q-1;+1. The minimum Gasteiger partial charge on any atom is -0.462 e. The maximum atomic E-state index is 12.8. The molecule has 7 heteroatoms. The summed E-state index contributed by atoms with van der Waals surface area (Å²) in [6.45, 7) is 12.4. The van der Waals surface area contributed by atoms with E-state index in [9.17, 15) is 14.7 Å². The van der Waals surface area contributed by atoms with E-state index in [1.807, 2.05) is 0 Å². The summed E-state index contributed by atoms with van der Waals surface area (Å²) in [4.78, 5) is 28.1. The van der Waals surface area contributed by atoms with Crippen LogP contribution in [0.25, 0.3) is 0 Å². The Morgan fingerprint density at radius 2 is 0.804 bits per heavy atom. The first-order valence-corrected chi connectivity index (χ1v) is 24.5. The van der Waals surface area contributed by atoms with Crippen molar-refractivity contribution in [2.24, 2.45) is 0 Å². The van der Waals surface area contributed by atoms with Crippen LogP contribution < -0.4 is 0 Å². The van der Waals surface area contributed by atoms with Crippen molar-refractivity contribution >= 4 is 11.9 Å². The third-order valence-electron chi connectivity index (χ3n) is 11.3. The molecular weight excluding hydrogens is 873 g/mol. The van der Waals surface area contributed by atoms with Crippen LogP contribution in [-0.4, -0.2) is 60.4 Å². The summed E-state index contributed by atoms with van der Waals surface area (Å²) in [5.74, 6) is 0.0101. The summed E-state index contributed by atoms with van der Waals surface area (Å²) in [5.41, 5.74) is 0. The average molecular weight is 970 g/mol. The van der Waals surface area contributed by atoms with Crippen LogP contribution in [0.2, 0.25) is 0 Å². The van der Waals surface area contributed by atoms with Gasteiger partial charge in [0.05, 0.1) is 0 Å². The zero-order chi connectivity index (χ0) is 40.3. The van der Waals surface area contributed by atoms with Crippen LogP contribution in [0.1, 0.15) is 259 Å². The van der Waals surface area contributed by atoms with Crippen molar-refractivity contribution in [1.29, 1.82) is 0 Å². The third-order valence-corrected chi connectivity index (χ3v) is 11.3. The van der Waals surface area contributed by atoms with E-state index in [1.165, 1.54) is 128 Å². The molecule has 335 valence electrons. The number of unbranched alkanes of at least 4 members (excludes halogenated alkanes) is 24. The fraction of sp³-hybridized carbons (Fsp3) is 0.939. The molecule has 56 heavy (non-hydrogen) atoms. The molecule has 0 rings (SSSR count). The summed E-state index contributed by atoms with van der Waals surface area (Å²) in [6.07, 6.45) is 43.3. The van der Waals surface area contributed by atoms with Gasteiger partial charge in [0, 0.05) is 19.4 Å². The Kier molecular flexibility index (Phi) is 48.5. The molecule has 0 fully saturated rings. The van der Waals surface area contributed by atoms with Gasteiger partial charge in [-0.25, -0.2) is 0 Å². The maximum absolute atomic E-state index is 12.8. The number of esters is 2. The smallest absolute Gasteiger partial charge is 0.462 e. The average Bonchev–Trinajstić information content (AvgIpc) is 3.18. The van der Waals surface area contributed by atoms with Gasteiger partial charge in [-0.05, 0) is 103 Å². The Hall–Kier alpha value is -0.504. The van der Waals surface area contributed by atoms with E-state index in [4.69, 9.17) is 9.47 Å². The summed E-state index contributed by atoms with van der Waals surface area (Å²) < 4.78 is 12.0. The molecule has 0 aliphatic carbocycles. The molecule has 2 atom stereocenters. The molecule has 0 aromatic carbocycles. The van der Waals surface area contributed by atoms with Crippen LogP contribution in [0.4, 0.5) is 0 Å². The Morgan fingerprint density at radius 3 is 1.23 bits per heavy atom. The second kappa shape index (κ2) is 47.2. The molecule has 0 bridgehead atoms. The number of hydrogen-bond donors (Lipinski definition) is 1. The maximum Gasteiger partial charge on any atom is 1.00 e. The monoisotopic (exact) mass is 971 g/mol. The second-order valence-corrected chi connectivity index (χ2v) is 16.8. The zero-order valence-electron chi connectivity index (χ0n) is 37.9. The SMILES string of the molecule is CCCCCCCCC(CCCCCC)OC(=O)CCCC[CH-]CN(CCCCCO)CCCCCCC(=O)OC(CCCCCC)CCCCCCCC.[Os+]. The number of hydrogen-bond acceptors (Lipinski definition) is 6. The largest absolute Gasteiger partial charge is 1.00 e. The van der Waals surface area contributed by atoms with Crippen molar-refractivity contribution in [1.82, 2.24) is 4.90 Å². The molecule has 0 saturated heterocycles. The van der Waals surface area contributed by atoms with Gasteiger partial charge in [-0.15, -0.1) is 6.54 Å². The number of aliphatic hydroxyl groups excluding tert-OH is 1. The van der Waals surface area contributed by atoms with Crippen molar-refractivity contribution in [3.8, 4) is 0 Å². The van der Waals surface area contributed by atoms with Gasteiger partial charge < -0.3 is 25.9 Å². The molecule has 0 heterocycles. The summed E-state index contributed by atoms with van der Waals surface area (Å²) in [7, 11) is 0. The molecular formula is C49H96NO5Os. The molecule has 0 aliphatic rings. The van der Waals surface area contributed by atoms with Gasteiger partial charge in [-0.1, -0.05) is 150 Å². The fourth-order valence-electron chi connectivity index (χ4n) is 7.62. The van der Waals surface area contributed by atoms with E-state index in [2.05, 4.69) is 39.0 Å². The van der Waals surface area contributed by atoms with Crippen molar-refractivity contribution in [3.05, 3.63) is 6.42 Å². The number of rotatable bonds is 45. The minimum atomic E-state index is 0. The topological polar surface area (TPSA) is 76.1 Å². The number of aliphatic hydroxyl groups is 1. The number of carbonyl (C=O) groups is 2. The van der Waals surface area contributed by atoms with Gasteiger partial charge in [-0.3, -0.25) is 9.59 Å². The molecule has 0 saturated carbocycles. The van der Waals surface area contributed by atoms with Crippen molar-refractivity contribution < 1.29 is 44.0 Å². The molecule has 1 radical (unpaired) electrons. The molecule has 0 aliphatic heterocycles. The minimum absolute atomic E-state index is 0. The van der Waals surface area contributed by atoms with Crippen LogP contribution in [-0.2, 0) is 38.9 Å². The van der Waals surface area contributed by atoms with E-state index >= 15 is 0 Å². The second-order valence-electron chi connectivity index (χ2n) is 16.8. The molecule has 0 amide bonds. The first-order chi connectivity index (χ1) is 27.0. The van der Waals surface area contributed by atoms with Gasteiger partial charge in [-0.2, -0.15) is 6.42 Å². The van der Waals surface area contributed by atoms with Gasteiger partial charge in [0.1, 0.15) is 12.2 Å². The normalized spacial score (nSPS) is 12.5. The van der Waals surface area contributed by atoms with Crippen LogP contribution in [0.5, 0.6) is 0 Å². The Morgan fingerprint density at radius 1 is 0.464 bits per heavy atom. The number of ether oxygens (including phenoxy) is 2. The summed E-state index contributed by atoms with van der Waals surface area (Å²) >= 11 is 0. The van der Waals surface area contributed by atoms with Crippen molar-refractivity contribution in [2.75, 3.05) is 26.2 Å². The number of nitrogens with zero attached hydrogens (tertiary/aromatic N) is 1. The van der Waals surface area contributed by atoms with Gasteiger partial charge >= 0.3 is 31.7 Å². The predicted molar refractivity (Wildman–Crippen MR) is 236 cm³/mol. The summed E-state index contributed by atoms with van der Waals surface area (Å²) in [5, 5.41) is 9.23. The molecule has 1 N–H and O–H groups in total. The van der Waals surface area contributed by atoms with Gasteiger partial charge in [0.25, 0.3) is 0 Å². The molecule has 0 spiro atoms. The van der Waals surface area contributed by atoms with E-state index < -0.39 is 0 Å². The molecule has 0 aromatic heterocycles. The molecule has 0 aromatic rings. The fourth-order valence-corrected chi connectivity index (χ4v) is 7.62. The number of carbonyl (C=O) groups excluding carboxylic acids is 2. The Balaban J connectivity index is 0. The van der Waals surface area contributed by atoms with E-state index in [-0.39, 0.29) is 50.5 Å². The molecule has 6 nitrogen and oxygen atoms in total. The van der Waals surface area contributed by atoms with Crippen molar-refractivity contribution in [2.45, 2.75) is 271 Å². The van der Waals surface area contributed by atoms with E-state index in [0.29, 0.717) is 12.8 Å². The van der Waals surface area contributed by atoms with Crippen LogP contribution in [0.15, 0.2) is 0 Å². The first kappa shape index (κ1) is 57.6. The first-order valence-electron chi connectivity index (χ1n) is 24.5. The van der Waals surface area contributed by atoms with E-state index in [1.54, 1.807) is 0 Å². The Labute approximate surface area is 363 Å². The van der Waals surface area contributed by atoms with Crippen LogP contribution >= 0.6 is 0 Å². The summed E-state index contributed by atoms with van der Waals surface area (Å²) in [6, 6.07) is 0. The predicted octanol–water partition coefficient (Wildman–Crippen LogP) is 14.4. The van der Waals surface area contributed by atoms with Gasteiger partial charge in [0.15, 0.2) is 0 Å². The quantitative estimate of drug-likeness (QED) is 0.0372. The van der Waals surface area contributed by atoms with Gasteiger partial charge in [0.2, 0.25) is 0 Å². The third kappa shape index (κ3) is 41.6. The zero-order valence-corrected chi connectivity index (χ0v) is 40.4. The Bertz CT molecular complexity index is 740. The van der Waals surface area contributed by atoms with Crippen LogP contribution in [0, 0.1) is 6.42 Å².